The van der Waals surface area contributed by atoms with Crippen LogP contribution in [0.25, 0.3) is 0 Å². The van der Waals surface area contributed by atoms with Crippen molar-refractivity contribution in [2.75, 3.05) is 40.3 Å². The summed E-state index contributed by atoms with van der Waals surface area (Å²) in [7, 11) is 3.66. The fourth-order valence-corrected chi connectivity index (χ4v) is 3.74. The van der Waals surface area contributed by atoms with Gasteiger partial charge in [0, 0.05) is 27.2 Å². The Morgan fingerprint density at radius 2 is 1.93 bits per heavy atom. The average molecular weight is 399 g/mol. The summed E-state index contributed by atoms with van der Waals surface area (Å²) in [5.41, 5.74) is 0.858. The largest absolute Gasteiger partial charge is 0.481 e. The Kier molecular flexibility index (Phi) is 8.85. The van der Waals surface area contributed by atoms with Gasteiger partial charge in [-0.25, -0.2) is 0 Å². The lowest BCUT2D eigenvalue weighted by atomic mass is 9.85. The van der Waals surface area contributed by atoms with Crippen LogP contribution < -0.4 is 15.4 Å². The lowest BCUT2D eigenvalue weighted by molar-refractivity contribution is -0.138. The van der Waals surface area contributed by atoms with Gasteiger partial charge in [-0.2, -0.15) is 0 Å². The van der Waals surface area contributed by atoms with Crippen molar-refractivity contribution in [3.05, 3.63) is 29.8 Å². The summed E-state index contributed by atoms with van der Waals surface area (Å²) in [6.45, 7) is 4.39. The highest BCUT2D eigenvalue weighted by atomic mass is 16.5. The molecular formula is C23H34N4O2. The molecule has 1 aromatic rings. The third-order valence-corrected chi connectivity index (χ3v) is 5.26. The number of nitrogens with zero attached hydrogens (tertiary/aromatic N) is 2. The predicted octanol–water partition coefficient (Wildman–Crippen LogP) is 2.44. The second-order valence-corrected chi connectivity index (χ2v) is 7.70. The SMILES string of the molecule is C#CCOc1ccc(CCNC(=NCC2(C(=O)N(C)C)CCCC2)NCC)cc1. The van der Waals surface area contributed by atoms with Crippen molar-refractivity contribution < 1.29 is 9.53 Å². The van der Waals surface area contributed by atoms with Gasteiger partial charge in [0.1, 0.15) is 12.4 Å². The average Bonchev–Trinajstić information content (AvgIpc) is 3.21. The number of aliphatic imine (C=N–C) groups is 1. The van der Waals surface area contributed by atoms with Crippen LogP contribution in [-0.2, 0) is 11.2 Å². The van der Waals surface area contributed by atoms with E-state index in [0.717, 1.165) is 56.9 Å². The molecule has 1 fully saturated rings. The maximum absolute atomic E-state index is 12.7. The molecule has 2 rings (SSSR count). The van der Waals surface area contributed by atoms with Crippen LogP contribution in [0.15, 0.2) is 29.3 Å². The second-order valence-electron chi connectivity index (χ2n) is 7.70. The first-order chi connectivity index (χ1) is 14.0. The first kappa shape index (κ1) is 22.6. The van der Waals surface area contributed by atoms with Crippen LogP contribution in [0.4, 0.5) is 0 Å². The van der Waals surface area contributed by atoms with Crippen molar-refractivity contribution in [3.8, 4) is 18.1 Å². The van der Waals surface area contributed by atoms with Crippen molar-refractivity contribution in [1.82, 2.24) is 15.5 Å². The molecule has 1 aliphatic carbocycles. The number of rotatable bonds is 9. The minimum Gasteiger partial charge on any atom is -0.481 e. The highest BCUT2D eigenvalue weighted by Gasteiger charge is 2.42. The minimum absolute atomic E-state index is 0.196. The molecule has 2 N–H and O–H groups in total. The van der Waals surface area contributed by atoms with Gasteiger partial charge in [0.15, 0.2) is 5.96 Å². The van der Waals surface area contributed by atoms with E-state index in [1.54, 1.807) is 4.90 Å². The van der Waals surface area contributed by atoms with Gasteiger partial charge in [-0.05, 0) is 43.9 Å². The molecule has 0 bridgehead atoms. The molecule has 0 unspecified atom stereocenters. The molecule has 0 heterocycles. The highest BCUT2D eigenvalue weighted by Crippen LogP contribution is 2.39. The molecule has 6 heteroatoms. The highest BCUT2D eigenvalue weighted by molar-refractivity contribution is 5.84. The van der Waals surface area contributed by atoms with E-state index in [4.69, 9.17) is 16.2 Å². The Labute approximate surface area is 175 Å². The molecule has 0 saturated heterocycles. The number of benzene rings is 1. The molecule has 6 nitrogen and oxygen atoms in total. The Morgan fingerprint density at radius 3 is 2.52 bits per heavy atom. The van der Waals surface area contributed by atoms with Crippen LogP contribution in [0.2, 0.25) is 0 Å². The first-order valence-electron chi connectivity index (χ1n) is 10.4. The quantitative estimate of drug-likeness (QED) is 0.381. The fourth-order valence-electron chi connectivity index (χ4n) is 3.74. The molecule has 0 radical (unpaired) electrons. The number of amides is 1. The molecule has 1 aromatic carbocycles. The number of nitrogens with one attached hydrogen (secondary N) is 2. The molecule has 0 aliphatic heterocycles. The molecule has 1 aliphatic rings. The molecule has 1 amide bonds. The number of hydrogen-bond acceptors (Lipinski definition) is 3. The summed E-state index contributed by atoms with van der Waals surface area (Å²) in [4.78, 5) is 19.2. The first-order valence-corrected chi connectivity index (χ1v) is 10.4. The van der Waals surface area contributed by atoms with Gasteiger partial charge >= 0.3 is 0 Å². The van der Waals surface area contributed by atoms with Crippen molar-refractivity contribution in [1.29, 1.82) is 0 Å². The lowest BCUT2D eigenvalue weighted by Gasteiger charge is -2.29. The Bertz CT molecular complexity index is 713. The van der Waals surface area contributed by atoms with E-state index in [2.05, 4.69) is 16.6 Å². The van der Waals surface area contributed by atoms with Crippen LogP contribution in [0.5, 0.6) is 5.75 Å². The summed E-state index contributed by atoms with van der Waals surface area (Å²) < 4.78 is 5.40. The third kappa shape index (κ3) is 6.70. The number of carbonyl (C=O) groups excluding carboxylic acids is 1. The van der Waals surface area contributed by atoms with Crippen molar-refractivity contribution in [2.45, 2.75) is 39.0 Å². The van der Waals surface area contributed by atoms with Gasteiger partial charge < -0.3 is 20.3 Å². The van der Waals surface area contributed by atoms with Gasteiger partial charge in [-0.3, -0.25) is 9.79 Å². The summed E-state index contributed by atoms with van der Waals surface area (Å²) >= 11 is 0. The Hall–Kier alpha value is -2.68. The van der Waals surface area contributed by atoms with Crippen molar-refractivity contribution >= 4 is 11.9 Å². The van der Waals surface area contributed by atoms with E-state index in [1.807, 2.05) is 45.3 Å². The fraction of sp³-hybridized carbons (Fsp3) is 0.565. The van der Waals surface area contributed by atoms with Crippen molar-refractivity contribution in [3.63, 3.8) is 0 Å². The van der Waals surface area contributed by atoms with Gasteiger partial charge in [-0.15, -0.1) is 6.42 Å². The van der Waals surface area contributed by atoms with E-state index in [0.29, 0.717) is 6.54 Å². The maximum Gasteiger partial charge on any atom is 0.230 e. The second kappa shape index (κ2) is 11.4. The predicted molar refractivity (Wildman–Crippen MR) is 118 cm³/mol. The summed E-state index contributed by atoms with van der Waals surface area (Å²) in [5, 5.41) is 6.67. The van der Waals surface area contributed by atoms with Crippen LogP contribution in [-0.4, -0.2) is 57.1 Å². The molecule has 0 atom stereocenters. The summed E-state index contributed by atoms with van der Waals surface area (Å²) in [5.74, 6) is 4.20. The number of guanidine groups is 1. The van der Waals surface area contributed by atoms with Gasteiger partial charge in [0.2, 0.25) is 5.91 Å². The normalized spacial score (nSPS) is 15.4. The summed E-state index contributed by atoms with van der Waals surface area (Å²) in [6.07, 6.45) is 10.1. The standard InChI is InChI=1S/C23H34N4O2/c1-5-17-29-20-11-9-19(10-12-20)13-16-25-22(24-6-2)26-18-23(14-7-8-15-23)21(28)27(3)4/h1,9-12H,6-8,13-18H2,2-4H3,(H2,24,25,26). The zero-order chi connectivity index (χ0) is 21.1. The van der Waals surface area contributed by atoms with E-state index >= 15 is 0 Å². The van der Waals surface area contributed by atoms with Gasteiger partial charge in [0.25, 0.3) is 0 Å². The van der Waals surface area contributed by atoms with Crippen LogP contribution >= 0.6 is 0 Å². The Morgan fingerprint density at radius 1 is 1.24 bits per heavy atom. The maximum atomic E-state index is 12.7. The Balaban J connectivity index is 1.92. The molecule has 0 spiro atoms. The van der Waals surface area contributed by atoms with E-state index in [-0.39, 0.29) is 17.9 Å². The molecule has 0 aromatic heterocycles. The third-order valence-electron chi connectivity index (χ3n) is 5.26. The topological polar surface area (TPSA) is 66.0 Å². The van der Waals surface area contributed by atoms with Crippen LogP contribution in [0.3, 0.4) is 0 Å². The van der Waals surface area contributed by atoms with Crippen molar-refractivity contribution in [2.24, 2.45) is 10.4 Å². The van der Waals surface area contributed by atoms with Gasteiger partial charge in [-0.1, -0.05) is 30.9 Å². The van der Waals surface area contributed by atoms with Crippen LogP contribution in [0, 0.1) is 17.8 Å². The number of ether oxygens (including phenoxy) is 1. The molecule has 29 heavy (non-hydrogen) atoms. The zero-order valence-electron chi connectivity index (χ0n) is 18.0. The molecule has 1 saturated carbocycles. The van der Waals surface area contributed by atoms with E-state index in [9.17, 15) is 4.79 Å². The van der Waals surface area contributed by atoms with Gasteiger partial charge in [0.05, 0.1) is 12.0 Å². The monoisotopic (exact) mass is 398 g/mol. The lowest BCUT2D eigenvalue weighted by Crippen LogP contribution is -2.43. The smallest absolute Gasteiger partial charge is 0.230 e. The van der Waals surface area contributed by atoms with E-state index < -0.39 is 0 Å². The van der Waals surface area contributed by atoms with Crippen LogP contribution in [0.1, 0.15) is 38.2 Å². The molecule has 158 valence electrons. The number of carbonyl (C=O) groups is 1. The van der Waals surface area contributed by atoms with E-state index in [1.165, 1.54) is 5.56 Å². The number of terminal acetylenes is 1. The minimum atomic E-state index is -0.347. The summed E-state index contributed by atoms with van der Waals surface area (Å²) in [6, 6.07) is 7.95. The zero-order valence-corrected chi connectivity index (χ0v) is 18.0. The molecular weight excluding hydrogens is 364 g/mol. The number of hydrogen-bond donors (Lipinski definition) is 2.